The summed E-state index contributed by atoms with van der Waals surface area (Å²) in [5.74, 6) is 1.16. The molecule has 132 valence electrons. The Labute approximate surface area is 169 Å². The molecular weight excluding hydrogens is 460 g/mol. The molecule has 0 spiro atoms. The van der Waals surface area contributed by atoms with Gasteiger partial charge in [0.2, 0.25) is 0 Å². The van der Waals surface area contributed by atoms with Gasteiger partial charge < -0.3 is 10.6 Å². The minimum absolute atomic E-state index is 0. The van der Waals surface area contributed by atoms with E-state index in [1.54, 1.807) is 19.3 Å². The maximum Gasteiger partial charge on any atom is 0.191 e. The maximum absolute atomic E-state index is 6.17. The molecule has 1 aromatic carbocycles. The lowest BCUT2D eigenvalue weighted by Crippen LogP contribution is -2.39. The number of nitrogens with one attached hydrogen (secondary N) is 2. The zero-order valence-corrected chi connectivity index (χ0v) is 17.5. The predicted molar refractivity (Wildman–Crippen MR) is 111 cm³/mol. The van der Waals surface area contributed by atoms with Gasteiger partial charge in [0.1, 0.15) is 0 Å². The highest BCUT2D eigenvalue weighted by Gasteiger charge is 2.06. The van der Waals surface area contributed by atoms with E-state index in [1.165, 1.54) is 0 Å². The van der Waals surface area contributed by atoms with E-state index in [1.807, 2.05) is 29.1 Å². The number of rotatable bonds is 6. The van der Waals surface area contributed by atoms with E-state index in [2.05, 4.69) is 27.6 Å². The number of benzene rings is 1. The van der Waals surface area contributed by atoms with Crippen molar-refractivity contribution in [1.29, 1.82) is 0 Å². The van der Waals surface area contributed by atoms with Crippen LogP contribution in [-0.4, -0.2) is 29.3 Å². The summed E-state index contributed by atoms with van der Waals surface area (Å²) in [5, 5.41) is 12.1. The molecule has 8 heteroatoms. The van der Waals surface area contributed by atoms with Crippen molar-refractivity contribution < 1.29 is 0 Å². The molecule has 0 fully saturated rings. The van der Waals surface area contributed by atoms with Crippen LogP contribution in [0.25, 0.3) is 0 Å². The smallest absolute Gasteiger partial charge is 0.191 e. The van der Waals surface area contributed by atoms with Crippen LogP contribution < -0.4 is 10.6 Å². The van der Waals surface area contributed by atoms with E-state index in [9.17, 15) is 0 Å². The molecule has 0 aliphatic heterocycles. The minimum atomic E-state index is 0. The van der Waals surface area contributed by atoms with Crippen molar-refractivity contribution in [3.05, 3.63) is 52.3 Å². The van der Waals surface area contributed by atoms with Crippen molar-refractivity contribution in [2.24, 2.45) is 10.9 Å². The van der Waals surface area contributed by atoms with Crippen molar-refractivity contribution in [3.8, 4) is 0 Å². The fourth-order valence-electron chi connectivity index (χ4n) is 2.13. The summed E-state index contributed by atoms with van der Waals surface area (Å²) in [6, 6.07) is 7.40. The molecule has 24 heavy (non-hydrogen) atoms. The van der Waals surface area contributed by atoms with Crippen LogP contribution in [0.15, 0.2) is 41.7 Å². The second kappa shape index (κ2) is 10.8. The SMILES string of the molecule is CN=C(NCc1ccc(Cl)cc1Cl)NCC(C)Cn1cccn1.I. The monoisotopic (exact) mass is 481 g/mol. The largest absolute Gasteiger partial charge is 0.356 e. The summed E-state index contributed by atoms with van der Waals surface area (Å²) in [7, 11) is 1.75. The van der Waals surface area contributed by atoms with Crippen molar-refractivity contribution in [3.63, 3.8) is 0 Å². The van der Waals surface area contributed by atoms with Crippen molar-refractivity contribution in [2.75, 3.05) is 13.6 Å². The Kier molecular flexibility index (Phi) is 9.46. The van der Waals surface area contributed by atoms with Gasteiger partial charge in [0.05, 0.1) is 0 Å². The quantitative estimate of drug-likeness (QED) is 0.374. The Bertz CT molecular complexity index is 646. The molecule has 1 heterocycles. The zero-order valence-electron chi connectivity index (χ0n) is 13.7. The van der Waals surface area contributed by atoms with E-state index in [4.69, 9.17) is 23.2 Å². The molecular formula is C16H22Cl2IN5. The number of nitrogens with zero attached hydrogens (tertiary/aromatic N) is 3. The maximum atomic E-state index is 6.17. The summed E-state index contributed by atoms with van der Waals surface area (Å²) in [6.07, 6.45) is 3.75. The Morgan fingerprint density at radius 3 is 2.75 bits per heavy atom. The van der Waals surface area contributed by atoms with Crippen molar-refractivity contribution in [2.45, 2.75) is 20.0 Å². The van der Waals surface area contributed by atoms with Gasteiger partial charge in [-0.25, -0.2) is 0 Å². The Balaban J connectivity index is 0.00000288. The number of hydrogen-bond acceptors (Lipinski definition) is 2. The van der Waals surface area contributed by atoms with E-state index in [0.717, 1.165) is 24.6 Å². The molecule has 0 bridgehead atoms. The average molecular weight is 482 g/mol. The third-order valence-electron chi connectivity index (χ3n) is 3.36. The third kappa shape index (κ3) is 6.86. The number of aromatic nitrogens is 2. The minimum Gasteiger partial charge on any atom is -0.356 e. The Morgan fingerprint density at radius 1 is 1.33 bits per heavy atom. The molecule has 0 saturated carbocycles. The molecule has 2 N–H and O–H groups in total. The summed E-state index contributed by atoms with van der Waals surface area (Å²) in [5.41, 5.74) is 0.976. The molecule has 0 amide bonds. The van der Waals surface area contributed by atoms with E-state index in [0.29, 0.717) is 22.5 Å². The van der Waals surface area contributed by atoms with Gasteiger partial charge in [0.25, 0.3) is 0 Å². The summed E-state index contributed by atoms with van der Waals surface area (Å²) in [6.45, 7) is 4.41. The zero-order chi connectivity index (χ0) is 16.7. The number of guanidine groups is 1. The fourth-order valence-corrected chi connectivity index (χ4v) is 2.60. The standard InChI is InChI=1S/C16H21Cl2N5.HI/c1-12(11-23-7-3-6-22-23)9-20-16(19-2)21-10-13-4-5-14(17)8-15(13)18;/h3-8,12H,9-11H2,1-2H3,(H2,19,20,21);1H. The van der Waals surface area contributed by atoms with Crippen molar-refractivity contribution >= 4 is 53.1 Å². The third-order valence-corrected chi connectivity index (χ3v) is 3.95. The first-order chi connectivity index (χ1) is 11.1. The van der Waals surface area contributed by atoms with Crippen LogP contribution in [-0.2, 0) is 13.1 Å². The summed E-state index contributed by atoms with van der Waals surface area (Å²) < 4.78 is 1.93. The first kappa shape index (κ1) is 21.1. The Morgan fingerprint density at radius 2 is 2.12 bits per heavy atom. The molecule has 0 radical (unpaired) electrons. The van der Waals surface area contributed by atoms with Gasteiger partial charge in [-0.15, -0.1) is 24.0 Å². The van der Waals surface area contributed by atoms with Gasteiger partial charge in [-0.1, -0.05) is 36.2 Å². The van der Waals surface area contributed by atoms with Gasteiger partial charge in [-0.05, 0) is 29.7 Å². The molecule has 0 saturated heterocycles. The van der Waals surface area contributed by atoms with Crippen LogP contribution in [0.2, 0.25) is 10.0 Å². The average Bonchev–Trinajstić information content (AvgIpc) is 3.02. The molecule has 0 aliphatic carbocycles. The van der Waals surface area contributed by atoms with Gasteiger partial charge in [0.15, 0.2) is 5.96 Å². The number of halogens is 3. The fraction of sp³-hybridized carbons (Fsp3) is 0.375. The van der Waals surface area contributed by atoms with Crippen LogP contribution in [0.3, 0.4) is 0 Å². The van der Waals surface area contributed by atoms with Crippen LogP contribution in [0.4, 0.5) is 0 Å². The first-order valence-corrected chi connectivity index (χ1v) is 8.20. The van der Waals surface area contributed by atoms with E-state index < -0.39 is 0 Å². The molecule has 0 aliphatic rings. The Hall–Kier alpha value is -0.990. The van der Waals surface area contributed by atoms with Gasteiger partial charge in [0, 0.05) is 49.1 Å². The molecule has 1 aromatic heterocycles. The predicted octanol–water partition coefficient (Wildman–Crippen LogP) is 3.81. The van der Waals surface area contributed by atoms with Crippen LogP contribution >= 0.6 is 47.2 Å². The molecule has 2 aromatic rings. The highest BCUT2D eigenvalue weighted by atomic mass is 127. The highest BCUT2D eigenvalue weighted by Crippen LogP contribution is 2.20. The van der Waals surface area contributed by atoms with E-state index in [-0.39, 0.29) is 24.0 Å². The highest BCUT2D eigenvalue weighted by molar-refractivity contribution is 14.0. The van der Waals surface area contributed by atoms with Gasteiger partial charge in [-0.3, -0.25) is 9.67 Å². The molecule has 5 nitrogen and oxygen atoms in total. The lowest BCUT2D eigenvalue weighted by molar-refractivity contribution is 0.443. The number of aliphatic imine (C=N–C) groups is 1. The molecule has 2 rings (SSSR count). The first-order valence-electron chi connectivity index (χ1n) is 7.44. The summed E-state index contributed by atoms with van der Waals surface area (Å²) >= 11 is 12.1. The lowest BCUT2D eigenvalue weighted by atomic mass is 10.2. The second-order valence-corrected chi connectivity index (χ2v) is 6.22. The lowest BCUT2D eigenvalue weighted by Gasteiger charge is -2.16. The number of hydrogen-bond donors (Lipinski definition) is 2. The second-order valence-electron chi connectivity index (χ2n) is 5.38. The normalized spacial score (nSPS) is 12.4. The van der Waals surface area contributed by atoms with Gasteiger partial charge in [-0.2, -0.15) is 5.10 Å². The van der Waals surface area contributed by atoms with Crippen LogP contribution in [0, 0.1) is 5.92 Å². The summed E-state index contributed by atoms with van der Waals surface area (Å²) in [4.78, 5) is 4.22. The van der Waals surface area contributed by atoms with Crippen molar-refractivity contribution in [1.82, 2.24) is 20.4 Å². The van der Waals surface area contributed by atoms with Gasteiger partial charge >= 0.3 is 0 Å². The topological polar surface area (TPSA) is 54.2 Å². The molecule has 1 atom stereocenters. The molecule has 1 unspecified atom stereocenters. The van der Waals surface area contributed by atoms with Crippen LogP contribution in [0.1, 0.15) is 12.5 Å². The van der Waals surface area contributed by atoms with E-state index >= 15 is 0 Å². The van der Waals surface area contributed by atoms with Crippen LogP contribution in [0.5, 0.6) is 0 Å².